The molecule has 0 aliphatic carbocycles. The van der Waals surface area contributed by atoms with Gasteiger partial charge in [-0.2, -0.15) is 0 Å². The molecule has 62 heavy (non-hydrogen) atoms. The smallest absolute Gasteiger partial charge is 0.399 e. The number of benzene rings is 4. The van der Waals surface area contributed by atoms with Gasteiger partial charge in [-0.05, 0) is 166 Å². The molecule has 0 bridgehead atoms. The fourth-order valence-corrected chi connectivity index (χ4v) is 8.05. The average Bonchev–Trinajstić information content (AvgIpc) is 3.74. The highest BCUT2D eigenvalue weighted by atomic mass is 16.7. The molecule has 324 valence electrons. The Balaban J connectivity index is 1.27. The van der Waals surface area contributed by atoms with Crippen LogP contribution >= 0.6 is 0 Å². The van der Waals surface area contributed by atoms with Gasteiger partial charge in [0.15, 0.2) is 0 Å². The van der Waals surface area contributed by atoms with Crippen molar-refractivity contribution in [2.24, 2.45) is 0 Å². The van der Waals surface area contributed by atoms with Gasteiger partial charge in [0.25, 0.3) is 0 Å². The van der Waals surface area contributed by atoms with E-state index in [0.717, 1.165) is 55.3 Å². The van der Waals surface area contributed by atoms with E-state index in [0.29, 0.717) is 0 Å². The van der Waals surface area contributed by atoms with Crippen molar-refractivity contribution in [3.05, 3.63) is 119 Å². The Labute approximate surface area is 372 Å². The highest BCUT2D eigenvalue weighted by molar-refractivity contribution is 6.63. The van der Waals surface area contributed by atoms with Crippen molar-refractivity contribution in [2.45, 2.75) is 156 Å². The van der Waals surface area contributed by atoms with Gasteiger partial charge in [0.1, 0.15) is 0 Å². The highest BCUT2D eigenvalue weighted by Crippen LogP contribution is 2.42. The summed E-state index contributed by atoms with van der Waals surface area (Å²) in [6, 6.07) is 34.4. The molecule has 12 heteroatoms. The van der Waals surface area contributed by atoms with Crippen molar-refractivity contribution < 1.29 is 37.2 Å². The van der Waals surface area contributed by atoms with E-state index in [9.17, 15) is 0 Å². The minimum atomic E-state index is -0.481. The van der Waals surface area contributed by atoms with Gasteiger partial charge in [0.2, 0.25) is 0 Å². The maximum atomic E-state index is 6.47. The van der Waals surface area contributed by atoms with E-state index in [4.69, 9.17) is 37.2 Å². The standard InChI is InChI=1S/C50H64B4O8/c1-43(2)44(3,4)56-51(55-43)37-25-17-33(18-26-37)41(34-19-27-38(28-20-34)52-57-45(5,6)46(7,8)58-52)42(35-21-29-39(30-22-35)53-59-47(9,10)48(11,12)60-53)36-23-31-40(32-24-36)54-61-49(13,14)50(15,16)62-54/h17-32H,1-16H3. The first-order chi connectivity index (χ1) is 28.6. The predicted octanol–water partition coefficient (Wildman–Crippen LogP) is 7.89. The lowest BCUT2D eigenvalue weighted by molar-refractivity contribution is 0.00578. The van der Waals surface area contributed by atoms with Crippen LogP contribution in [0.25, 0.3) is 11.1 Å². The van der Waals surface area contributed by atoms with Gasteiger partial charge in [-0.15, -0.1) is 0 Å². The molecule has 4 fully saturated rings. The van der Waals surface area contributed by atoms with Crippen LogP contribution in [0.3, 0.4) is 0 Å². The fourth-order valence-electron chi connectivity index (χ4n) is 8.05. The zero-order valence-corrected chi connectivity index (χ0v) is 39.8. The molecule has 0 spiro atoms. The molecular formula is C50H64B4O8. The van der Waals surface area contributed by atoms with Gasteiger partial charge >= 0.3 is 28.5 Å². The third-order valence-corrected chi connectivity index (χ3v) is 15.1. The summed E-state index contributed by atoms with van der Waals surface area (Å²) < 4.78 is 51.8. The average molecular weight is 836 g/mol. The summed E-state index contributed by atoms with van der Waals surface area (Å²) in [4.78, 5) is 0. The second-order valence-electron chi connectivity index (χ2n) is 21.6. The van der Waals surface area contributed by atoms with E-state index in [-0.39, 0.29) is 0 Å². The second-order valence-corrected chi connectivity index (χ2v) is 21.6. The van der Waals surface area contributed by atoms with Crippen LogP contribution in [0.1, 0.15) is 133 Å². The van der Waals surface area contributed by atoms with Crippen molar-refractivity contribution in [3.8, 4) is 0 Å². The molecule has 0 amide bonds. The first-order valence-electron chi connectivity index (χ1n) is 22.2. The molecule has 4 aromatic rings. The summed E-state index contributed by atoms with van der Waals surface area (Å²) in [5.41, 5.74) is 6.48. The largest absolute Gasteiger partial charge is 0.494 e. The third kappa shape index (κ3) is 7.91. The van der Waals surface area contributed by atoms with Crippen LogP contribution in [0.15, 0.2) is 97.1 Å². The van der Waals surface area contributed by atoms with Crippen molar-refractivity contribution in [2.75, 3.05) is 0 Å². The van der Waals surface area contributed by atoms with E-state index in [2.05, 4.69) is 208 Å². The van der Waals surface area contributed by atoms with Crippen LogP contribution in [0.5, 0.6) is 0 Å². The lowest BCUT2D eigenvalue weighted by Gasteiger charge is -2.32. The highest BCUT2D eigenvalue weighted by Gasteiger charge is 2.54. The van der Waals surface area contributed by atoms with Crippen LogP contribution in [-0.2, 0) is 37.2 Å². The van der Waals surface area contributed by atoms with Crippen LogP contribution in [0.2, 0.25) is 0 Å². The summed E-state index contributed by atoms with van der Waals surface area (Å²) in [6.07, 6.45) is 0. The summed E-state index contributed by atoms with van der Waals surface area (Å²) >= 11 is 0. The lowest BCUT2D eigenvalue weighted by atomic mass is 9.75. The van der Waals surface area contributed by atoms with Crippen molar-refractivity contribution >= 4 is 61.5 Å². The molecule has 0 atom stereocenters. The summed E-state index contributed by atoms with van der Waals surface area (Å²) in [7, 11) is -1.93. The summed E-state index contributed by atoms with van der Waals surface area (Å²) in [5.74, 6) is 0. The normalized spacial score (nSPS) is 23.5. The topological polar surface area (TPSA) is 73.8 Å². The van der Waals surface area contributed by atoms with Gasteiger partial charge in [-0.3, -0.25) is 0 Å². The molecule has 8 rings (SSSR count). The number of hydrogen-bond acceptors (Lipinski definition) is 8. The monoisotopic (exact) mass is 836 g/mol. The molecule has 0 unspecified atom stereocenters. The fraction of sp³-hybridized carbons (Fsp3) is 0.480. The zero-order valence-electron chi connectivity index (χ0n) is 39.8. The summed E-state index contributed by atoms with van der Waals surface area (Å²) in [5, 5.41) is 0. The van der Waals surface area contributed by atoms with Gasteiger partial charge in [-0.1, -0.05) is 97.1 Å². The molecule has 0 radical (unpaired) electrons. The molecule has 0 N–H and O–H groups in total. The van der Waals surface area contributed by atoms with Gasteiger partial charge in [-0.25, -0.2) is 0 Å². The molecule has 4 heterocycles. The van der Waals surface area contributed by atoms with E-state index in [1.54, 1.807) is 0 Å². The maximum absolute atomic E-state index is 6.47. The Bertz CT molecular complexity index is 1940. The Morgan fingerprint density at radius 3 is 0.500 bits per heavy atom. The van der Waals surface area contributed by atoms with Crippen molar-refractivity contribution in [1.82, 2.24) is 0 Å². The summed E-state index contributed by atoms with van der Waals surface area (Å²) in [6.45, 7) is 33.3. The van der Waals surface area contributed by atoms with Gasteiger partial charge in [0.05, 0.1) is 44.8 Å². The first kappa shape index (κ1) is 45.1. The van der Waals surface area contributed by atoms with Crippen LogP contribution < -0.4 is 21.9 Å². The molecule has 4 aliphatic heterocycles. The molecule has 4 aliphatic rings. The maximum Gasteiger partial charge on any atom is 0.494 e. The second kappa shape index (κ2) is 15.1. The van der Waals surface area contributed by atoms with Crippen LogP contribution in [-0.4, -0.2) is 73.3 Å². The Kier molecular flexibility index (Phi) is 11.0. The Morgan fingerprint density at radius 2 is 0.371 bits per heavy atom. The molecule has 4 aromatic carbocycles. The van der Waals surface area contributed by atoms with E-state index in [1.807, 2.05) is 0 Å². The van der Waals surface area contributed by atoms with Crippen molar-refractivity contribution in [1.29, 1.82) is 0 Å². The van der Waals surface area contributed by atoms with E-state index in [1.165, 1.54) is 0 Å². The minimum absolute atomic E-state index is 0.452. The third-order valence-electron chi connectivity index (χ3n) is 15.1. The first-order valence-corrected chi connectivity index (χ1v) is 22.2. The molecular weight excluding hydrogens is 772 g/mol. The SMILES string of the molecule is CC1(C)OB(c2ccc(C(=C(c3ccc(B4OC(C)(C)C(C)(C)O4)cc3)c3ccc(B4OC(C)(C)C(C)(C)O4)cc3)c3ccc(B4OC(C)(C)C(C)(C)O4)cc3)cc2)OC1(C)C. The molecule has 0 saturated carbocycles. The minimum Gasteiger partial charge on any atom is -0.399 e. The molecule has 0 aromatic heterocycles. The van der Waals surface area contributed by atoms with Crippen molar-refractivity contribution in [3.63, 3.8) is 0 Å². The number of hydrogen-bond donors (Lipinski definition) is 0. The van der Waals surface area contributed by atoms with Crippen LogP contribution in [0.4, 0.5) is 0 Å². The van der Waals surface area contributed by atoms with E-state index < -0.39 is 73.3 Å². The predicted molar refractivity (Wildman–Crippen MR) is 254 cm³/mol. The number of rotatable bonds is 8. The Hall–Kier alpha value is -3.44. The lowest BCUT2D eigenvalue weighted by Crippen LogP contribution is -2.41. The van der Waals surface area contributed by atoms with Gasteiger partial charge in [0, 0.05) is 0 Å². The zero-order chi connectivity index (χ0) is 45.1. The Morgan fingerprint density at radius 1 is 0.242 bits per heavy atom. The molecule has 4 saturated heterocycles. The quantitative estimate of drug-likeness (QED) is 0.131. The van der Waals surface area contributed by atoms with E-state index >= 15 is 0 Å². The molecule has 8 nitrogen and oxygen atoms in total. The van der Waals surface area contributed by atoms with Crippen LogP contribution in [0, 0.1) is 0 Å². The van der Waals surface area contributed by atoms with Gasteiger partial charge < -0.3 is 37.2 Å².